The molecular formula is C18H21N5OS. The van der Waals surface area contributed by atoms with Crippen LogP contribution < -0.4 is 10.6 Å². The van der Waals surface area contributed by atoms with E-state index in [4.69, 9.17) is 4.42 Å². The highest BCUT2D eigenvalue weighted by molar-refractivity contribution is 7.09. The zero-order valence-corrected chi connectivity index (χ0v) is 15.4. The topological polar surface area (TPSA) is 75.3 Å². The van der Waals surface area contributed by atoms with E-state index < -0.39 is 0 Å². The standard InChI is InChI=1S/C18H21N5OS/c1-12-4-6-14(7-5-12)17-23-15(10-24-17)8-20-18(19-3)21-9-16-22-13(2)11-25-16/h4-7,10-11H,8-9H2,1-3H3,(H2,19,20,21). The summed E-state index contributed by atoms with van der Waals surface area (Å²) in [5, 5.41) is 9.54. The van der Waals surface area contributed by atoms with Crippen molar-refractivity contribution >= 4 is 17.3 Å². The molecule has 130 valence electrons. The highest BCUT2D eigenvalue weighted by Crippen LogP contribution is 2.19. The molecule has 0 atom stereocenters. The van der Waals surface area contributed by atoms with Crippen LogP contribution in [-0.4, -0.2) is 23.0 Å². The monoisotopic (exact) mass is 355 g/mol. The molecule has 0 unspecified atom stereocenters. The number of rotatable bonds is 5. The number of oxazole rings is 1. The van der Waals surface area contributed by atoms with Gasteiger partial charge in [-0.05, 0) is 26.0 Å². The smallest absolute Gasteiger partial charge is 0.226 e. The SMILES string of the molecule is CN=C(NCc1coc(-c2ccc(C)cc2)n1)NCc1nc(C)cs1. The van der Waals surface area contributed by atoms with Crippen molar-refractivity contribution in [3.05, 3.63) is 57.9 Å². The maximum absolute atomic E-state index is 5.57. The third-order valence-electron chi connectivity index (χ3n) is 3.58. The molecule has 0 aliphatic carbocycles. The summed E-state index contributed by atoms with van der Waals surface area (Å²) in [6.45, 7) is 5.22. The fourth-order valence-electron chi connectivity index (χ4n) is 2.26. The van der Waals surface area contributed by atoms with Crippen LogP contribution in [0, 0.1) is 13.8 Å². The van der Waals surface area contributed by atoms with Crippen LogP contribution in [-0.2, 0) is 13.1 Å². The molecule has 3 aromatic rings. The fourth-order valence-corrected chi connectivity index (χ4v) is 2.97. The first kappa shape index (κ1) is 17.2. The van der Waals surface area contributed by atoms with Gasteiger partial charge in [-0.25, -0.2) is 9.97 Å². The van der Waals surface area contributed by atoms with Gasteiger partial charge >= 0.3 is 0 Å². The maximum atomic E-state index is 5.57. The Morgan fingerprint density at radius 1 is 1.12 bits per heavy atom. The molecular weight excluding hydrogens is 334 g/mol. The zero-order valence-electron chi connectivity index (χ0n) is 14.5. The van der Waals surface area contributed by atoms with Gasteiger partial charge in [0.25, 0.3) is 0 Å². The molecule has 2 aromatic heterocycles. The van der Waals surface area contributed by atoms with Gasteiger partial charge in [0, 0.05) is 23.7 Å². The van der Waals surface area contributed by atoms with Crippen LogP contribution in [0.3, 0.4) is 0 Å². The van der Waals surface area contributed by atoms with Crippen LogP contribution in [0.4, 0.5) is 0 Å². The summed E-state index contributed by atoms with van der Waals surface area (Å²) >= 11 is 1.63. The molecule has 0 bridgehead atoms. The third-order valence-corrected chi connectivity index (χ3v) is 4.55. The summed E-state index contributed by atoms with van der Waals surface area (Å²) < 4.78 is 5.57. The van der Waals surface area contributed by atoms with Crippen molar-refractivity contribution < 1.29 is 4.42 Å². The summed E-state index contributed by atoms with van der Waals surface area (Å²) in [7, 11) is 1.74. The third kappa shape index (κ3) is 4.67. The lowest BCUT2D eigenvalue weighted by molar-refractivity contribution is 0.572. The molecule has 0 aliphatic heterocycles. The van der Waals surface area contributed by atoms with Gasteiger partial charge in [0.05, 0.1) is 18.8 Å². The predicted octanol–water partition coefficient (Wildman–Crippen LogP) is 3.28. The number of aliphatic imine (C=N–C) groups is 1. The lowest BCUT2D eigenvalue weighted by Crippen LogP contribution is -2.36. The average Bonchev–Trinajstić information content (AvgIpc) is 3.25. The molecule has 0 radical (unpaired) electrons. The number of benzene rings is 1. The Balaban J connectivity index is 1.54. The minimum atomic E-state index is 0.534. The van der Waals surface area contributed by atoms with Crippen molar-refractivity contribution in [1.29, 1.82) is 0 Å². The van der Waals surface area contributed by atoms with Crippen molar-refractivity contribution in [2.75, 3.05) is 7.05 Å². The van der Waals surface area contributed by atoms with E-state index in [9.17, 15) is 0 Å². The second-order valence-corrected chi connectivity index (χ2v) is 6.61. The molecule has 0 spiro atoms. The van der Waals surface area contributed by atoms with Gasteiger partial charge in [-0.15, -0.1) is 11.3 Å². The Bertz CT molecular complexity index is 850. The van der Waals surface area contributed by atoms with Crippen LogP contribution in [0.25, 0.3) is 11.5 Å². The molecule has 0 amide bonds. The summed E-state index contributed by atoms with van der Waals surface area (Å²) in [5.41, 5.74) is 4.04. The van der Waals surface area contributed by atoms with Crippen molar-refractivity contribution in [1.82, 2.24) is 20.6 Å². The van der Waals surface area contributed by atoms with Crippen molar-refractivity contribution in [3.63, 3.8) is 0 Å². The molecule has 3 rings (SSSR count). The molecule has 25 heavy (non-hydrogen) atoms. The van der Waals surface area contributed by atoms with Crippen LogP contribution in [0.2, 0.25) is 0 Å². The number of hydrogen-bond donors (Lipinski definition) is 2. The second-order valence-electron chi connectivity index (χ2n) is 5.67. The van der Waals surface area contributed by atoms with E-state index in [1.165, 1.54) is 5.56 Å². The molecule has 0 fully saturated rings. The first-order chi connectivity index (χ1) is 12.1. The molecule has 2 N–H and O–H groups in total. The highest BCUT2D eigenvalue weighted by atomic mass is 32.1. The molecule has 0 saturated heterocycles. The van der Waals surface area contributed by atoms with E-state index in [1.807, 2.05) is 36.6 Å². The van der Waals surface area contributed by atoms with Crippen LogP contribution >= 0.6 is 11.3 Å². The summed E-state index contributed by atoms with van der Waals surface area (Å²) in [4.78, 5) is 13.2. The molecule has 0 saturated carbocycles. The van der Waals surface area contributed by atoms with Crippen molar-refractivity contribution in [3.8, 4) is 11.5 Å². The van der Waals surface area contributed by atoms with E-state index in [-0.39, 0.29) is 0 Å². The average molecular weight is 355 g/mol. The Labute approximate surface area is 151 Å². The molecule has 7 heteroatoms. The lowest BCUT2D eigenvalue weighted by Gasteiger charge is -2.09. The number of hydrogen-bond acceptors (Lipinski definition) is 5. The number of nitrogens with zero attached hydrogens (tertiary/aromatic N) is 3. The van der Waals surface area contributed by atoms with Crippen LogP contribution in [0.5, 0.6) is 0 Å². The number of nitrogens with one attached hydrogen (secondary N) is 2. The number of aromatic nitrogens is 2. The lowest BCUT2D eigenvalue weighted by atomic mass is 10.1. The van der Waals surface area contributed by atoms with Crippen molar-refractivity contribution in [2.24, 2.45) is 4.99 Å². The van der Waals surface area contributed by atoms with Gasteiger partial charge in [-0.2, -0.15) is 0 Å². The molecule has 1 aromatic carbocycles. The van der Waals surface area contributed by atoms with Crippen LogP contribution in [0.15, 0.2) is 45.3 Å². The van der Waals surface area contributed by atoms with E-state index in [2.05, 4.69) is 32.5 Å². The van der Waals surface area contributed by atoms with Gasteiger partial charge in [-0.1, -0.05) is 17.7 Å². The van der Waals surface area contributed by atoms with E-state index in [0.717, 1.165) is 22.0 Å². The number of thiazole rings is 1. The Morgan fingerprint density at radius 2 is 1.88 bits per heavy atom. The van der Waals surface area contributed by atoms with Gasteiger partial charge in [0.1, 0.15) is 11.3 Å². The minimum absolute atomic E-state index is 0.534. The van der Waals surface area contributed by atoms with Gasteiger partial charge in [0.2, 0.25) is 5.89 Å². The fraction of sp³-hybridized carbons (Fsp3) is 0.278. The summed E-state index contributed by atoms with van der Waals surface area (Å²) in [6, 6.07) is 8.11. The van der Waals surface area contributed by atoms with E-state index in [0.29, 0.717) is 24.9 Å². The minimum Gasteiger partial charge on any atom is -0.444 e. The molecule has 6 nitrogen and oxygen atoms in total. The number of aryl methyl sites for hydroxylation is 2. The molecule has 0 aliphatic rings. The summed E-state index contributed by atoms with van der Waals surface area (Å²) in [6.07, 6.45) is 1.67. The maximum Gasteiger partial charge on any atom is 0.226 e. The zero-order chi connectivity index (χ0) is 17.6. The number of guanidine groups is 1. The van der Waals surface area contributed by atoms with Crippen molar-refractivity contribution in [2.45, 2.75) is 26.9 Å². The van der Waals surface area contributed by atoms with E-state index in [1.54, 1.807) is 24.6 Å². The highest BCUT2D eigenvalue weighted by Gasteiger charge is 2.07. The first-order valence-corrected chi connectivity index (χ1v) is 8.89. The van der Waals surface area contributed by atoms with Crippen LogP contribution in [0.1, 0.15) is 22.0 Å². The largest absolute Gasteiger partial charge is 0.444 e. The normalized spacial score (nSPS) is 11.6. The summed E-state index contributed by atoms with van der Waals surface area (Å²) in [5.74, 6) is 1.32. The van der Waals surface area contributed by atoms with Gasteiger partial charge in [-0.3, -0.25) is 4.99 Å². The molecule has 2 heterocycles. The Hall–Kier alpha value is -2.67. The predicted molar refractivity (Wildman–Crippen MR) is 101 cm³/mol. The van der Waals surface area contributed by atoms with Gasteiger partial charge < -0.3 is 15.1 Å². The first-order valence-electron chi connectivity index (χ1n) is 8.01. The quantitative estimate of drug-likeness (QED) is 0.543. The Morgan fingerprint density at radius 3 is 2.56 bits per heavy atom. The second kappa shape index (κ2) is 7.94. The van der Waals surface area contributed by atoms with E-state index >= 15 is 0 Å². The van der Waals surface area contributed by atoms with Gasteiger partial charge in [0.15, 0.2) is 5.96 Å². The Kier molecular flexibility index (Phi) is 5.45.